The van der Waals surface area contributed by atoms with Crippen molar-refractivity contribution in [3.8, 4) is 28.3 Å². The Morgan fingerprint density at radius 1 is 1.05 bits per heavy atom. The van der Waals surface area contributed by atoms with Crippen LogP contribution in [0.2, 0.25) is 0 Å². The third kappa shape index (κ3) is 2.34. The van der Waals surface area contributed by atoms with Crippen LogP contribution in [0.5, 0.6) is 0 Å². The second-order valence-electron chi connectivity index (χ2n) is 4.89. The molecule has 0 atom stereocenters. The first-order valence-corrected chi connectivity index (χ1v) is 6.74. The molecule has 3 aromatic rings. The van der Waals surface area contributed by atoms with E-state index in [4.69, 9.17) is 6.57 Å². The average molecular weight is 284 g/mol. The van der Waals surface area contributed by atoms with Crippen molar-refractivity contribution in [3.63, 3.8) is 0 Å². The quantitative estimate of drug-likeness (QED) is 0.663. The fraction of sp³-hybridized carbons (Fsp3) is 0.0556. The normalized spacial score (nSPS) is 9.95. The molecule has 0 aliphatic heterocycles. The van der Waals surface area contributed by atoms with E-state index >= 15 is 0 Å². The summed E-state index contributed by atoms with van der Waals surface area (Å²) in [6, 6.07) is 17.6. The number of nitriles is 1. The van der Waals surface area contributed by atoms with Gasteiger partial charge in [0.25, 0.3) is 0 Å². The number of aryl methyl sites for hydroxylation is 1. The Kier molecular flexibility index (Phi) is 3.43. The lowest BCUT2D eigenvalue weighted by molar-refractivity contribution is 0.773. The summed E-state index contributed by atoms with van der Waals surface area (Å²) in [6.07, 6.45) is 1.84. The molecule has 104 valence electrons. The molecule has 0 saturated heterocycles. The molecule has 4 heteroatoms. The van der Waals surface area contributed by atoms with Gasteiger partial charge in [0.1, 0.15) is 0 Å². The van der Waals surface area contributed by atoms with E-state index in [2.05, 4.69) is 16.0 Å². The lowest BCUT2D eigenvalue weighted by Crippen LogP contribution is -1.85. The van der Waals surface area contributed by atoms with Gasteiger partial charge < -0.3 is 4.85 Å². The summed E-state index contributed by atoms with van der Waals surface area (Å²) in [6.45, 7) is 7.19. The monoisotopic (exact) mass is 284 g/mol. The molecular formula is C18H12N4. The van der Waals surface area contributed by atoms with Crippen molar-refractivity contribution in [2.75, 3.05) is 0 Å². The van der Waals surface area contributed by atoms with E-state index in [0.29, 0.717) is 11.4 Å². The molecule has 3 rings (SSSR count). The zero-order chi connectivity index (χ0) is 15.5. The molecule has 0 amide bonds. The molecule has 0 aliphatic rings. The van der Waals surface area contributed by atoms with E-state index in [9.17, 15) is 5.26 Å². The van der Waals surface area contributed by atoms with Crippen molar-refractivity contribution in [2.45, 2.75) is 0 Å². The second kappa shape index (κ2) is 5.55. The second-order valence-corrected chi connectivity index (χ2v) is 4.89. The summed E-state index contributed by atoms with van der Waals surface area (Å²) >= 11 is 0. The van der Waals surface area contributed by atoms with Crippen molar-refractivity contribution in [1.82, 2.24) is 9.78 Å². The molecule has 1 aromatic heterocycles. The lowest BCUT2D eigenvalue weighted by Gasteiger charge is -2.05. The summed E-state index contributed by atoms with van der Waals surface area (Å²) in [7, 11) is 1.80. The highest BCUT2D eigenvalue weighted by atomic mass is 15.3. The van der Waals surface area contributed by atoms with Gasteiger partial charge in [0, 0.05) is 18.8 Å². The number of benzene rings is 2. The summed E-state index contributed by atoms with van der Waals surface area (Å²) in [5.41, 5.74) is 4.30. The van der Waals surface area contributed by atoms with E-state index in [1.165, 1.54) is 0 Å². The fourth-order valence-electron chi connectivity index (χ4n) is 2.42. The minimum atomic E-state index is 0.396. The minimum absolute atomic E-state index is 0.396. The Morgan fingerprint density at radius 2 is 1.68 bits per heavy atom. The van der Waals surface area contributed by atoms with Gasteiger partial charge in [-0.1, -0.05) is 49.0 Å². The summed E-state index contributed by atoms with van der Waals surface area (Å²) in [5.74, 6) is 0.396. The highest BCUT2D eigenvalue weighted by Gasteiger charge is 2.11. The van der Waals surface area contributed by atoms with Gasteiger partial charge in [-0.15, -0.1) is 0 Å². The molecule has 0 N–H and O–H groups in total. The van der Waals surface area contributed by atoms with Crippen LogP contribution in [0.1, 0.15) is 5.56 Å². The minimum Gasteiger partial charge on any atom is -0.358 e. The highest BCUT2D eigenvalue weighted by molar-refractivity contribution is 5.78. The zero-order valence-electron chi connectivity index (χ0n) is 12.0. The molecule has 22 heavy (non-hydrogen) atoms. The number of nitrogens with zero attached hydrogens (tertiary/aromatic N) is 4. The van der Waals surface area contributed by atoms with Crippen molar-refractivity contribution >= 4 is 5.82 Å². The Labute approximate surface area is 128 Å². The van der Waals surface area contributed by atoms with E-state index in [-0.39, 0.29) is 0 Å². The highest BCUT2D eigenvalue weighted by Crippen LogP contribution is 2.31. The zero-order valence-corrected chi connectivity index (χ0v) is 12.0. The Balaban J connectivity index is 2.04. The van der Waals surface area contributed by atoms with Gasteiger partial charge in [0.05, 0.1) is 11.6 Å². The molecule has 0 unspecified atom stereocenters. The van der Waals surface area contributed by atoms with Gasteiger partial charge in [-0.25, -0.2) is 4.68 Å². The molecule has 0 bridgehead atoms. The van der Waals surface area contributed by atoms with Crippen molar-refractivity contribution < 1.29 is 0 Å². The molecule has 0 saturated carbocycles. The lowest BCUT2D eigenvalue weighted by atomic mass is 9.98. The number of rotatable bonds is 2. The summed E-state index contributed by atoms with van der Waals surface area (Å²) in [5, 5.41) is 13.3. The average Bonchev–Trinajstić information content (AvgIpc) is 2.96. The largest absolute Gasteiger partial charge is 0.358 e. The first kappa shape index (κ1) is 13.6. The molecule has 0 radical (unpaired) electrons. The van der Waals surface area contributed by atoms with Crippen LogP contribution in [0.25, 0.3) is 27.1 Å². The maximum atomic E-state index is 9.19. The maximum Gasteiger partial charge on any atom is 0.303 e. The van der Waals surface area contributed by atoms with Crippen LogP contribution in [0.15, 0.2) is 54.7 Å². The summed E-state index contributed by atoms with van der Waals surface area (Å²) < 4.78 is 1.64. The van der Waals surface area contributed by atoms with Gasteiger partial charge in [-0.05, 0) is 27.9 Å². The van der Waals surface area contributed by atoms with Crippen molar-refractivity contribution in [3.05, 3.63) is 71.7 Å². The van der Waals surface area contributed by atoms with Crippen LogP contribution in [-0.4, -0.2) is 9.78 Å². The van der Waals surface area contributed by atoms with E-state index < -0.39 is 0 Å². The first-order valence-electron chi connectivity index (χ1n) is 6.74. The van der Waals surface area contributed by atoms with Crippen LogP contribution in [0.3, 0.4) is 0 Å². The molecular weight excluding hydrogens is 272 g/mol. The van der Waals surface area contributed by atoms with Crippen LogP contribution >= 0.6 is 0 Å². The van der Waals surface area contributed by atoms with Crippen LogP contribution < -0.4 is 0 Å². The smallest absolute Gasteiger partial charge is 0.303 e. The van der Waals surface area contributed by atoms with Crippen LogP contribution in [-0.2, 0) is 7.05 Å². The molecule has 2 aromatic carbocycles. The van der Waals surface area contributed by atoms with E-state index in [1.54, 1.807) is 17.8 Å². The Bertz CT molecular complexity index is 905. The SMILES string of the molecule is [C-]#[N+]c1nn(C)cc1-c1ccc(-c2ccccc2C#N)cc1. The number of aromatic nitrogens is 2. The van der Waals surface area contributed by atoms with E-state index in [1.807, 2.05) is 48.7 Å². The third-order valence-electron chi connectivity index (χ3n) is 3.47. The van der Waals surface area contributed by atoms with Crippen LogP contribution in [0.4, 0.5) is 5.82 Å². The number of hydrogen-bond acceptors (Lipinski definition) is 2. The van der Waals surface area contributed by atoms with Gasteiger partial charge in [0.2, 0.25) is 0 Å². The van der Waals surface area contributed by atoms with E-state index in [0.717, 1.165) is 22.3 Å². The van der Waals surface area contributed by atoms with Gasteiger partial charge in [-0.2, -0.15) is 5.26 Å². The number of hydrogen-bond donors (Lipinski definition) is 0. The third-order valence-corrected chi connectivity index (χ3v) is 3.47. The molecule has 0 fully saturated rings. The summed E-state index contributed by atoms with van der Waals surface area (Å²) in [4.78, 5) is 3.45. The molecule has 4 nitrogen and oxygen atoms in total. The van der Waals surface area contributed by atoms with Crippen LogP contribution in [0, 0.1) is 17.9 Å². The molecule has 0 spiro atoms. The Hall–Kier alpha value is -3.37. The first-order chi connectivity index (χ1) is 10.7. The predicted octanol–water partition coefficient (Wildman–Crippen LogP) is 4.18. The topological polar surface area (TPSA) is 46.0 Å². The maximum absolute atomic E-state index is 9.19. The molecule has 1 heterocycles. The Morgan fingerprint density at radius 3 is 2.32 bits per heavy atom. The predicted molar refractivity (Wildman–Crippen MR) is 85.1 cm³/mol. The van der Waals surface area contributed by atoms with Gasteiger partial charge >= 0.3 is 5.82 Å². The fourth-order valence-corrected chi connectivity index (χ4v) is 2.42. The van der Waals surface area contributed by atoms with Crippen molar-refractivity contribution in [1.29, 1.82) is 5.26 Å². The standard InChI is InChI=1S/C18H12N4/c1-20-18-17(12-22(2)21-18)14-9-7-13(8-10-14)16-6-4-3-5-15(16)11-19/h3-10,12H,2H3. The van der Waals surface area contributed by atoms with Crippen molar-refractivity contribution in [2.24, 2.45) is 7.05 Å². The van der Waals surface area contributed by atoms with Gasteiger partial charge in [-0.3, -0.25) is 0 Å². The molecule has 0 aliphatic carbocycles. The van der Waals surface area contributed by atoms with Gasteiger partial charge in [0.15, 0.2) is 0 Å².